The number of likely N-dealkylation sites (N-methyl/N-ethyl adjacent to an activating group) is 1. The van der Waals surface area contributed by atoms with Crippen LogP contribution in [0.3, 0.4) is 0 Å². The molecule has 82 valence electrons. The maximum Gasteiger partial charge on any atom is 0.181 e. The number of nitrogens with zero attached hydrogens (tertiary/aromatic N) is 1. The summed E-state index contributed by atoms with van der Waals surface area (Å²) < 4.78 is 26.2. The molecule has 1 saturated heterocycles. The topological polar surface area (TPSA) is 15.3 Å². The first-order valence-corrected chi connectivity index (χ1v) is 5.06. The number of anilines is 1. The monoisotopic (exact) mass is 212 g/mol. The van der Waals surface area contributed by atoms with Crippen molar-refractivity contribution in [3.63, 3.8) is 0 Å². The van der Waals surface area contributed by atoms with Gasteiger partial charge in [0.1, 0.15) is 0 Å². The number of halogens is 2. The molecule has 2 rings (SSSR count). The highest BCUT2D eigenvalue weighted by atomic mass is 19.2. The van der Waals surface area contributed by atoms with Gasteiger partial charge in [-0.1, -0.05) is 6.07 Å². The van der Waals surface area contributed by atoms with E-state index in [1.54, 1.807) is 6.07 Å². The van der Waals surface area contributed by atoms with Gasteiger partial charge >= 0.3 is 0 Å². The highest BCUT2D eigenvalue weighted by Crippen LogP contribution is 2.20. The zero-order valence-electron chi connectivity index (χ0n) is 8.63. The minimum absolute atomic E-state index is 0.214. The summed E-state index contributed by atoms with van der Waals surface area (Å²) in [5.41, 5.74) is 0.260. The van der Waals surface area contributed by atoms with Gasteiger partial charge in [-0.3, -0.25) is 0 Å². The van der Waals surface area contributed by atoms with Gasteiger partial charge in [0, 0.05) is 12.6 Å². The van der Waals surface area contributed by atoms with E-state index in [2.05, 4.69) is 10.2 Å². The quantitative estimate of drug-likeness (QED) is 0.807. The maximum absolute atomic E-state index is 13.3. The molecule has 0 amide bonds. The molecule has 0 aromatic heterocycles. The van der Waals surface area contributed by atoms with E-state index in [-0.39, 0.29) is 11.7 Å². The maximum atomic E-state index is 13.3. The standard InChI is InChI=1S/C11H14F2N2/c1-15-6-5-8(7-15)14-10-4-2-3-9(12)11(10)13/h2-4,8,14H,5-7H2,1H3. The Morgan fingerprint density at radius 3 is 2.87 bits per heavy atom. The molecule has 1 heterocycles. The predicted octanol–water partition coefficient (Wildman–Crippen LogP) is 2.08. The molecule has 0 radical (unpaired) electrons. The second kappa shape index (κ2) is 4.14. The van der Waals surface area contributed by atoms with Crippen LogP contribution < -0.4 is 5.32 Å². The Kier molecular flexibility index (Phi) is 2.86. The zero-order chi connectivity index (χ0) is 10.8. The third-order valence-electron chi connectivity index (χ3n) is 2.70. The van der Waals surface area contributed by atoms with Crippen LogP contribution in [0.1, 0.15) is 6.42 Å². The van der Waals surface area contributed by atoms with Gasteiger partial charge in [-0.05, 0) is 32.1 Å². The Morgan fingerprint density at radius 1 is 1.40 bits per heavy atom. The van der Waals surface area contributed by atoms with Crippen molar-refractivity contribution < 1.29 is 8.78 Å². The molecule has 0 saturated carbocycles. The number of hydrogen-bond donors (Lipinski definition) is 1. The summed E-state index contributed by atoms with van der Waals surface area (Å²) in [4.78, 5) is 2.16. The van der Waals surface area contributed by atoms with Crippen LogP contribution in [0.25, 0.3) is 0 Å². The third-order valence-corrected chi connectivity index (χ3v) is 2.70. The van der Waals surface area contributed by atoms with E-state index in [4.69, 9.17) is 0 Å². The van der Waals surface area contributed by atoms with Crippen molar-refractivity contribution in [1.29, 1.82) is 0 Å². The molecule has 0 bridgehead atoms. The molecular formula is C11H14F2N2. The van der Waals surface area contributed by atoms with Gasteiger partial charge in [0.05, 0.1) is 5.69 Å². The molecule has 1 unspecified atom stereocenters. The van der Waals surface area contributed by atoms with E-state index < -0.39 is 11.6 Å². The minimum atomic E-state index is -0.800. The summed E-state index contributed by atoms with van der Waals surface area (Å²) in [5, 5.41) is 3.02. The average molecular weight is 212 g/mol. The lowest BCUT2D eigenvalue weighted by molar-refractivity contribution is 0.413. The molecular weight excluding hydrogens is 198 g/mol. The molecule has 4 heteroatoms. The van der Waals surface area contributed by atoms with Crippen molar-refractivity contribution in [1.82, 2.24) is 4.90 Å². The summed E-state index contributed by atoms with van der Waals surface area (Å²) in [5.74, 6) is -1.58. The van der Waals surface area contributed by atoms with Crippen LogP contribution in [0.15, 0.2) is 18.2 Å². The number of rotatable bonds is 2. The predicted molar refractivity (Wildman–Crippen MR) is 55.9 cm³/mol. The molecule has 0 aliphatic carbocycles. The van der Waals surface area contributed by atoms with Gasteiger partial charge in [-0.2, -0.15) is 0 Å². The number of benzene rings is 1. The zero-order valence-corrected chi connectivity index (χ0v) is 8.63. The van der Waals surface area contributed by atoms with E-state index in [0.29, 0.717) is 0 Å². The minimum Gasteiger partial charge on any atom is -0.379 e. The molecule has 15 heavy (non-hydrogen) atoms. The Labute approximate surface area is 87.9 Å². The van der Waals surface area contributed by atoms with Gasteiger partial charge in [-0.25, -0.2) is 8.78 Å². The second-order valence-electron chi connectivity index (χ2n) is 3.99. The summed E-state index contributed by atoms with van der Waals surface area (Å²) in [6, 6.07) is 4.42. The van der Waals surface area contributed by atoms with Crippen molar-refractivity contribution in [2.75, 3.05) is 25.5 Å². The van der Waals surface area contributed by atoms with E-state index >= 15 is 0 Å². The highest BCUT2D eigenvalue weighted by Gasteiger charge is 2.20. The Balaban J connectivity index is 2.07. The van der Waals surface area contributed by atoms with Crippen molar-refractivity contribution in [3.05, 3.63) is 29.8 Å². The normalized spacial score (nSPS) is 21.9. The summed E-state index contributed by atoms with van der Waals surface area (Å²) in [7, 11) is 2.02. The number of nitrogens with one attached hydrogen (secondary N) is 1. The van der Waals surface area contributed by atoms with E-state index in [1.807, 2.05) is 7.05 Å². The average Bonchev–Trinajstić information content (AvgIpc) is 2.59. The van der Waals surface area contributed by atoms with Crippen molar-refractivity contribution in [3.8, 4) is 0 Å². The number of hydrogen-bond acceptors (Lipinski definition) is 2. The van der Waals surface area contributed by atoms with Crippen LogP contribution in [-0.2, 0) is 0 Å². The smallest absolute Gasteiger partial charge is 0.181 e. The van der Waals surface area contributed by atoms with Crippen LogP contribution in [-0.4, -0.2) is 31.1 Å². The van der Waals surface area contributed by atoms with E-state index in [1.165, 1.54) is 6.07 Å². The molecule has 1 aromatic carbocycles. The van der Waals surface area contributed by atoms with Gasteiger partial charge in [0.15, 0.2) is 11.6 Å². The van der Waals surface area contributed by atoms with Gasteiger partial charge in [-0.15, -0.1) is 0 Å². The lowest BCUT2D eigenvalue weighted by atomic mass is 10.2. The van der Waals surface area contributed by atoms with Crippen LogP contribution in [0.2, 0.25) is 0 Å². The van der Waals surface area contributed by atoms with Crippen molar-refractivity contribution in [2.24, 2.45) is 0 Å². The second-order valence-corrected chi connectivity index (χ2v) is 3.99. The fraction of sp³-hybridized carbons (Fsp3) is 0.455. The largest absolute Gasteiger partial charge is 0.379 e. The van der Waals surface area contributed by atoms with Crippen LogP contribution >= 0.6 is 0 Å². The van der Waals surface area contributed by atoms with Crippen LogP contribution in [0.4, 0.5) is 14.5 Å². The molecule has 1 aromatic rings. The first-order valence-electron chi connectivity index (χ1n) is 5.06. The van der Waals surface area contributed by atoms with Crippen molar-refractivity contribution in [2.45, 2.75) is 12.5 Å². The van der Waals surface area contributed by atoms with Gasteiger partial charge in [0.2, 0.25) is 0 Å². The third kappa shape index (κ3) is 2.26. The Hall–Kier alpha value is -1.16. The fourth-order valence-electron chi connectivity index (χ4n) is 1.89. The summed E-state index contributed by atoms with van der Waals surface area (Å²) >= 11 is 0. The Bertz CT molecular complexity index is 354. The van der Waals surface area contributed by atoms with Crippen molar-refractivity contribution >= 4 is 5.69 Å². The van der Waals surface area contributed by atoms with Gasteiger partial charge < -0.3 is 10.2 Å². The molecule has 1 atom stereocenters. The van der Waals surface area contributed by atoms with E-state index in [9.17, 15) is 8.78 Å². The molecule has 1 aliphatic rings. The molecule has 1 N–H and O–H groups in total. The Morgan fingerprint density at radius 2 is 2.20 bits per heavy atom. The lowest BCUT2D eigenvalue weighted by Crippen LogP contribution is -2.24. The summed E-state index contributed by atoms with van der Waals surface area (Å²) in [6.07, 6.45) is 0.965. The molecule has 2 nitrogen and oxygen atoms in total. The molecule has 0 spiro atoms. The van der Waals surface area contributed by atoms with Crippen LogP contribution in [0, 0.1) is 11.6 Å². The van der Waals surface area contributed by atoms with E-state index in [0.717, 1.165) is 25.6 Å². The molecule has 1 fully saturated rings. The first kappa shape index (κ1) is 10.4. The number of likely N-dealkylation sites (tertiary alicyclic amines) is 1. The first-order chi connectivity index (χ1) is 7.16. The highest BCUT2D eigenvalue weighted by molar-refractivity contribution is 5.46. The summed E-state index contributed by atoms with van der Waals surface area (Å²) in [6.45, 7) is 1.87. The molecule has 1 aliphatic heterocycles. The fourth-order valence-corrected chi connectivity index (χ4v) is 1.89. The SMILES string of the molecule is CN1CCC(Nc2cccc(F)c2F)C1. The van der Waals surface area contributed by atoms with Crippen LogP contribution in [0.5, 0.6) is 0 Å². The van der Waals surface area contributed by atoms with Gasteiger partial charge in [0.25, 0.3) is 0 Å². The lowest BCUT2D eigenvalue weighted by Gasteiger charge is -2.14.